The van der Waals surface area contributed by atoms with Crippen LogP contribution < -0.4 is 0 Å². The normalized spacial score (nSPS) is 21.4. The maximum absolute atomic E-state index is 12.8. The summed E-state index contributed by atoms with van der Waals surface area (Å²) in [6.45, 7) is 3.22. The maximum atomic E-state index is 12.8. The van der Waals surface area contributed by atoms with Crippen LogP contribution in [0.25, 0.3) is 0 Å². The third-order valence-corrected chi connectivity index (χ3v) is 8.19. The second kappa shape index (κ2) is 6.96. The zero-order chi connectivity index (χ0) is 18.2. The molecule has 1 aromatic carbocycles. The van der Waals surface area contributed by atoms with Gasteiger partial charge in [-0.25, -0.2) is 16.8 Å². The largest absolute Gasteiger partial charge is 0.381 e. The highest BCUT2D eigenvalue weighted by Crippen LogP contribution is 2.30. The van der Waals surface area contributed by atoms with Crippen LogP contribution in [0.1, 0.15) is 18.4 Å². The van der Waals surface area contributed by atoms with Crippen LogP contribution >= 0.6 is 0 Å². The first-order chi connectivity index (χ1) is 11.7. The van der Waals surface area contributed by atoms with E-state index in [4.69, 9.17) is 4.74 Å². The molecule has 0 amide bonds. The molecule has 0 N–H and O–H groups in total. The molecule has 0 atom stereocenters. The predicted octanol–water partition coefficient (Wildman–Crippen LogP) is 0.809. The lowest BCUT2D eigenvalue weighted by molar-refractivity contribution is 0.0317. The number of hydrogen-bond donors (Lipinski definition) is 0. The molecule has 0 aromatic heterocycles. The molecular formula is C16H24N2O5S2. The highest BCUT2D eigenvalue weighted by molar-refractivity contribution is 7.89. The molecule has 0 aliphatic carbocycles. The molecule has 0 radical (unpaired) electrons. The minimum atomic E-state index is -3.59. The highest BCUT2D eigenvalue weighted by atomic mass is 32.2. The van der Waals surface area contributed by atoms with Crippen LogP contribution in [0.15, 0.2) is 29.2 Å². The quantitative estimate of drug-likeness (QED) is 0.745. The number of sulfonamides is 2. The van der Waals surface area contributed by atoms with E-state index >= 15 is 0 Å². The van der Waals surface area contributed by atoms with Crippen molar-refractivity contribution in [3.05, 3.63) is 29.8 Å². The van der Waals surface area contributed by atoms with E-state index in [1.165, 1.54) is 14.9 Å². The summed E-state index contributed by atoms with van der Waals surface area (Å²) in [5.74, 6) is 0. The van der Waals surface area contributed by atoms with E-state index in [2.05, 4.69) is 0 Å². The Labute approximate surface area is 149 Å². The lowest BCUT2D eigenvalue weighted by Crippen LogP contribution is -2.64. The Bertz CT molecular complexity index is 826. The van der Waals surface area contributed by atoms with E-state index in [-0.39, 0.29) is 30.1 Å². The molecule has 3 rings (SSSR count). The standard InChI is InChI=1S/C16H24N2O5S2/c1-13-5-3-4-6-16(13)25(21,22)17-11-15(12-17)18(24(2,19)20)14-7-9-23-10-8-14/h3-6,14-15H,7-12H2,1-2H3. The molecule has 1 aromatic rings. The van der Waals surface area contributed by atoms with E-state index in [9.17, 15) is 16.8 Å². The van der Waals surface area contributed by atoms with E-state index in [0.29, 0.717) is 31.6 Å². The molecule has 0 spiro atoms. The van der Waals surface area contributed by atoms with E-state index in [0.717, 1.165) is 0 Å². The van der Waals surface area contributed by atoms with Gasteiger partial charge in [0, 0.05) is 32.3 Å². The molecule has 2 heterocycles. The van der Waals surface area contributed by atoms with Crippen molar-refractivity contribution in [2.75, 3.05) is 32.6 Å². The average molecular weight is 389 g/mol. The summed E-state index contributed by atoms with van der Waals surface area (Å²) in [6, 6.07) is 6.42. The Kier molecular flexibility index (Phi) is 5.23. The van der Waals surface area contributed by atoms with Crippen molar-refractivity contribution in [2.24, 2.45) is 0 Å². The molecule has 140 valence electrons. The van der Waals surface area contributed by atoms with E-state index in [1.54, 1.807) is 31.2 Å². The minimum absolute atomic E-state index is 0.114. The molecule has 0 saturated carbocycles. The van der Waals surface area contributed by atoms with Crippen LogP contribution in [-0.4, -0.2) is 70.1 Å². The summed E-state index contributed by atoms with van der Waals surface area (Å²) in [5, 5.41) is 0. The topological polar surface area (TPSA) is 84.0 Å². The third kappa shape index (κ3) is 3.75. The summed E-state index contributed by atoms with van der Waals surface area (Å²) in [5.41, 5.74) is 0.690. The van der Waals surface area contributed by atoms with Crippen molar-refractivity contribution in [1.29, 1.82) is 0 Å². The van der Waals surface area contributed by atoms with Gasteiger partial charge in [0.25, 0.3) is 0 Å². The van der Waals surface area contributed by atoms with Crippen molar-refractivity contribution in [3.8, 4) is 0 Å². The summed E-state index contributed by atoms with van der Waals surface area (Å²) in [7, 11) is -7.00. The molecule has 9 heteroatoms. The average Bonchev–Trinajstić information content (AvgIpc) is 2.50. The smallest absolute Gasteiger partial charge is 0.243 e. The van der Waals surface area contributed by atoms with Crippen LogP contribution in [0.4, 0.5) is 0 Å². The molecule has 2 aliphatic heterocycles. The van der Waals surface area contributed by atoms with Gasteiger partial charge < -0.3 is 4.74 Å². The van der Waals surface area contributed by atoms with Crippen molar-refractivity contribution in [1.82, 2.24) is 8.61 Å². The molecule has 7 nitrogen and oxygen atoms in total. The first-order valence-corrected chi connectivity index (χ1v) is 11.6. The van der Waals surface area contributed by atoms with Crippen molar-refractivity contribution >= 4 is 20.0 Å². The minimum Gasteiger partial charge on any atom is -0.381 e. The summed E-state index contributed by atoms with van der Waals surface area (Å²) in [6.07, 6.45) is 2.49. The van der Waals surface area contributed by atoms with Gasteiger partial charge in [-0.2, -0.15) is 8.61 Å². The lowest BCUT2D eigenvalue weighted by Gasteiger charge is -2.46. The Morgan fingerprint density at radius 1 is 1.04 bits per heavy atom. The number of ether oxygens (including phenoxy) is 1. The van der Waals surface area contributed by atoms with Gasteiger partial charge in [0.05, 0.1) is 17.2 Å². The molecular weight excluding hydrogens is 364 g/mol. The summed E-state index contributed by atoms with van der Waals surface area (Å²) >= 11 is 0. The van der Waals surface area contributed by atoms with Crippen LogP contribution in [-0.2, 0) is 24.8 Å². The predicted molar refractivity (Wildman–Crippen MR) is 94.2 cm³/mol. The summed E-state index contributed by atoms with van der Waals surface area (Å²) < 4.78 is 58.2. The summed E-state index contributed by atoms with van der Waals surface area (Å²) in [4.78, 5) is 0.283. The first kappa shape index (κ1) is 18.8. The maximum Gasteiger partial charge on any atom is 0.243 e. The van der Waals surface area contributed by atoms with Crippen LogP contribution in [0.3, 0.4) is 0 Å². The van der Waals surface area contributed by atoms with Crippen LogP contribution in [0.2, 0.25) is 0 Å². The van der Waals surface area contributed by atoms with Gasteiger partial charge in [-0.1, -0.05) is 18.2 Å². The fourth-order valence-corrected chi connectivity index (χ4v) is 6.71. The molecule has 25 heavy (non-hydrogen) atoms. The van der Waals surface area contributed by atoms with E-state index < -0.39 is 20.0 Å². The van der Waals surface area contributed by atoms with Crippen molar-refractivity contribution < 1.29 is 21.6 Å². The van der Waals surface area contributed by atoms with Gasteiger partial charge in [0.15, 0.2) is 0 Å². The van der Waals surface area contributed by atoms with Crippen LogP contribution in [0.5, 0.6) is 0 Å². The Morgan fingerprint density at radius 2 is 1.64 bits per heavy atom. The molecule has 0 bridgehead atoms. The van der Waals surface area contributed by atoms with Crippen molar-refractivity contribution in [3.63, 3.8) is 0 Å². The van der Waals surface area contributed by atoms with Gasteiger partial charge in [-0.05, 0) is 31.4 Å². The lowest BCUT2D eigenvalue weighted by atomic mass is 10.1. The van der Waals surface area contributed by atoms with Gasteiger partial charge in [-0.15, -0.1) is 0 Å². The SMILES string of the molecule is Cc1ccccc1S(=O)(=O)N1CC(N(C2CCOCC2)S(C)(=O)=O)C1. The van der Waals surface area contributed by atoms with Gasteiger partial charge in [0.1, 0.15) is 0 Å². The highest BCUT2D eigenvalue weighted by Gasteiger charge is 2.45. The fourth-order valence-electron chi connectivity index (χ4n) is 3.54. The Morgan fingerprint density at radius 3 is 2.20 bits per heavy atom. The van der Waals surface area contributed by atoms with Crippen LogP contribution in [0, 0.1) is 6.92 Å². The second-order valence-electron chi connectivity index (χ2n) is 6.68. The van der Waals surface area contributed by atoms with Gasteiger partial charge in [-0.3, -0.25) is 0 Å². The number of benzene rings is 1. The van der Waals surface area contributed by atoms with Gasteiger partial charge >= 0.3 is 0 Å². The van der Waals surface area contributed by atoms with E-state index in [1.807, 2.05) is 0 Å². The molecule has 2 saturated heterocycles. The first-order valence-electron chi connectivity index (χ1n) is 8.33. The zero-order valence-corrected chi connectivity index (χ0v) is 16.1. The number of hydrogen-bond acceptors (Lipinski definition) is 5. The second-order valence-corrected chi connectivity index (χ2v) is 10.5. The third-order valence-electron chi connectivity index (χ3n) is 4.83. The van der Waals surface area contributed by atoms with Gasteiger partial charge in [0.2, 0.25) is 20.0 Å². The zero-order valence-electron chi connectivity index (χ0n) is 14.5. The Hall–Kier alpha value is -1.00. The number of rotatable bonds is 5. The fraction of sp³-hybridized carbons (Fsp3) is 0.625. The van der Waals surface area contributed by atoms with Crippen molar-refractivity contribution in [2.45, 2.75) is 36.7 Å². The molecule has 0 unspecified atom stereocenters. The number of aryl methyl sites for hydroxylation is 1. The monoisotopic (exact) mass is 388 g/mol. The number of nitrogens with zero attached hydrogens (tertiary/aromatic N) is 2. The Balaban J connectivity index is 1.76. The molecule has 2 fully saturated rings. The molecule has 2 aliphatic rings.